The second-order valence-corrected chi connectivity index (χ2v) is 12.7. The molecule has 2 amide bonds. The van der Waals surface area contributed by atoms with Gasteiger partial charge in [0.15, 0.2) is 18.7 Å². The van der Waals surface area contributed by atoms with Crippen molar-refractivity contribution in [2.45, 2.75) is 99.6 Å². The molecule has 0 aromatic carbocycles. The normalized spacial score (nSPS) is 33.5. The Morgan fingerprint density at radius 3 is 1.88 bits per heavy atom. The van der Waals surface area contributed by atoms with Crippen LogP contribution in [0.1, 0.15) is 13.8 Å². The lowest BCUT2D eigenvalue weighted by atomic mass is 9.95. The Labute approximate surface area is 277 Å². The molecule has 49 heavy (non-hydrogen) atoms. The number of carbonyl (C=O) groups excluding carboxylic acids is 2. The van der Waals surface area contributed by atoms with E-state index in [1.54, 1.807) is 0 Å². The van der Waals surface area contributed by atoms with Gasteiger partial charge in [-0.3, -0.25) is 18.7 Å². The molecule has 25 nitrogen and oxygen atoms in total. The number of carboxylic acids is 1. The number of hydrogen-bond acceptors (Lipinski definition) is 20. The molecule has 2 aliphatic heterocycles. The van der Waals surface area contributed by atoms with Gasteiger partial charge in [0.05, 0.1) is 25.9 Å². The molecule has 0 aromatic heterocycles. The molecule has 0 saturated carbocycles. The summed E-state index contributed by atoms with van der Waals surface area (Å²) in [6.07, 6.45) is -27.1. The van der Waals surface area contributed by atoms with Crippen molar-refractivity contribution in [3.05, 3.63) is 0 Å². The van der Waals surface area contributed by atoms with Crippen LogP contribution in [0.4, 0.5) is 0 Å². The Bertz CT molecular complexity index is 1350. The Morgan fingerprint density at radius 2 is 1.43 bits per heavy atom. The van der Waals surface area contributed by atoms with Crippen molar-refractivity contribution in [3.63, 3.8) is 0 Å². The summed E-state index contributed by atoms with van der Waals surface area (Å²) in [4.78, 5) is 35.9. The van der Waals surface area contributed by atoms with Gasteiger partial charge in [0, 0.05) is 13.8 Å². The standard InChI is InChI=1S/C22H38N2O23S2/c1-6(28)23-8(3-25)15(16(9(30)4-26)46-48(36,37)38)43-22-14(33)13(32)18(19(45-22)20(34)35)44-21-11(24-7(2)29)12(31)17(10(5-27)42-21)47-49(39,40)41/h8-19,21-22,25-27,30-33H,3-5H2,1-2H3,(H,23,28)(H,24,29)(H,34,35)(H,36,37,38)(H,39,40,41)/t8-,9+,10+,11+,12+,13+,14+,15+,16-,17-,18-,19+,21-,22+/m0/s1. The molecule has 286 valence electrons. The van der Waals surface area contributed by atoms with E-state index in [2.05, 4.69) is 19.0 Å². The third-order valence-electron chi connectivity index (χ3n) is 6.93. The van der Waals surface area contributed by atoms with Crippen molar-refractivity contribution in [2.75, 3.05) is 19.8 Å². The smallest absolute Gasteiger partial charge is 0.397 e. The highest BCUT2D eigenvalue weighted by Crippen LogP contribution is 2.32. The number of aliphatic hydroxyl groups is 7. The van der Waals surface area contributed by atoms with Crippen LogP contribution in [0.3, 0.4) is 0 Å². The van der Waals surface area contributed by atoms with E-state index in [-0.39, 0.29) is 0 Å². The second-order valence-electron chi connectivity index (χ2n) is 10.6. The molecule has 0 aromatic rings. The van der Waals surface area contributed by atoms with Crippen LogP contribution in [0.2, 0.25) is 0 Å². The first-order chi connectivity index (χ1) is 22.5. The number of nitrogens with one attached hydrogen (secondary N) is 2. The third kappa shape index (κ3) is 11.9. The zero-order valence-electron chi connectivity index (χ0n) is 25.3. The molecule has 2 heterocycles. The number of aliphatic hydroxyl groups excluding tert-OH is 7. The van der Waals surface area contributed by atoms with Crippen molar-refractivity contribution in [1.29, 1.82) is 0 Å². The summed E-state index contributed by atoms with van der Waals surface area (Å²) >= 11 is 0. The minimum atomic E-state index is -5.50. The van der Waals surface area contributed by atoms with Crippen LogP contribution in [0.25, 0.3) is 0 Å². The maximum absolute atomic E-state index is 12.3. The Kier molecular flexibility index (Phi) is 15.5. The number of ether oxygens (including phenoxy) is 4. The summed E-state index contributed by atoms with van der Waals surface area (Å²) in [5, 5.41) is 86.0. The van der Waals surface area contributed by atoms with Gasteiger partial charge >= 0.3 is 26.8 Å². The number of carboxylic acid groups (broad SMARTS) is 1. The molecule has 27 heteroatoms. The lowest BCUT2D eigenvalue weighted by Crippen LogP contribution is -2.69. The van der Waals surface area contributed by atoms with Gasteiger partial charge in [-0.1, -0.05) is 0 Å². The van der Waals surface area contributed by atoms with Crippen molar-refractivity contribution >= 4 is 38.6 Å². The molecule has 2 saturated heterocycles. The van der Waals surface area contributed by atoms with Gasteiger partial charge in [0.1, 0.15) is 61.0 Å². The first-order valence-electron chi connectivity index (χ1n) is 13.8. The second kappa shape index (κ2) is 17.8. The average Bonchev–Trinajstić information content (AvgIpc) is 2.98. The van der Waals surface area contributed by atoms with Gasteiger partial charge in [0.25, 0.3) is 0 Å². The first kappa shape index (κ1) is 42.9. The summed E-state index contributed by atoms with van der Waals surface area (Å²) in [6, 6.07) is -3.69. The fourth-order valence-electron chi connectivity index (χ4n) is 4.92. The van der Waals surface area contributed by atoms with Gasteiger partial charge < -0.3 is 70.4 Å². The number of amides is 2. The number of aliphatic carboxylic acids is 1. The van der Waals surface area contributed by atoms with Crippen molar-refractivity contribution < 1.29 is 108 Å². The molecule has 2 aliphatic rings. The number of rotatable bonds is 17. The molecule has 2 fully saturated rings. The molecule has 0 aliphatic carbocycles. The monoisotopic (exact) mass is 762 g/mol. The average molecular weight is 763 g/mol. The summed E-state index contributed by atoms with van der Waals surface area (Å²) in [6.45, 7) is -1.75. The summed E-state index contributed by atoms with van der Waals surface area (Å²) < 4.78 is 94.2. The van der Waals surface area contributed by atoms with Gasteiger partial charge in [-0.05, 0) is 0 Å². The van der Waals surface area contributed by atoms with Gasteiger partial charge in [0.2, 0.25) is 11.8 Å². The largest absolute Gasteiger partial charge is 0.479 e. The summed E-state index contributed by atoms with van der Waals surface area (Å²) in [5.74, 6) is -3.80. The van der Waals surface area contributed by atoms with E-state index in [1.165, 1.54) is 0 Å². The van der Waals surface area contributed by atoms with Crippen LogP contribution in [0, 0.1) is 0 Å². The molecule has 12 N–H and O–H groups in total. The van der Waals surface area contributed by atoms with Crippen LogP contribution < -0.4 is 10.6 Å². The molecular weight excluding hydrogens is 724 g/mol. The van der Waals surface area contributed by atoms with Crippen LogP contribution in [0.15, 0.2) is 0 Å². The van der Waals surface area contributed by atoms with Gasteiger partial charge in [-0.25, -0.2) is 13.2 Å². The van der Waals surface area contributed by atoms with Crippen LogP contribution >= 0.6 is 0 Å². The molecule has 0 spiro atoms. The molecule has 0 unspecified atom stereocenters. The topological polar surface area (TPSA) is 401 Å². The van der Waals surface area contributed by atoms with Crippen LogP contribution in [-0.4, -0.2) is 190 Å². The van der Waals surface area contributed by atoms with E-state index in [0.717, 1.165) is 13.8 Å². The van der Waals surface area contributed by atoms with Crippen molar-refractivity contribution in [2.24, 2.45) is 0 Å². The van der Waals surface area contributed by atoms with E-state index in [4.69, 9.17) is 23.5 Å². The highest BCUT2D eigenvalue weighted by molar-refractivity contribution is 7.81. The maximum atomic E-state index is 12.3. The molecule has 0 radical (unpaired) electrons. The first-order valence-corrected chi connectivity index (χ1v) is 16.5. The lowest BCUT2D eigenvalue weighted by Gasteiger charge is -2.47. The fraction of sp³-hybridized carbons (Fsp3) is 0.864. The molecule has 14 atom stereocenters. The molecular formula is C22H38N2O23S2. The number of hydrogen-bond donors (Lipinski definition) is 12. The predicted octanol–water partition coefficient (Wildman–Crippen LogP) is -7.90. The SMILES string of the molecule is CC(=O)N[C@H]1[C@H](O[C@H]2[C@H](O)[C@@H](O)[C@H](O[C@@H]([C@@H](OS(=O)(=O)O)[C@H](O)CO)[C@H](CO)NC(C)=O)O[C@H]2C(=O)O)O[C@H](CO)[C@H](OS(=O)(=O)O)[C@@H]1O. The van der Waals surface area contributed by atoms with Crippen LogP contribution in [-0.2, 0) is 62.5 Å². The molecule has 2 rings (SSSR count). The predicted molar refractivity (Wildman–Crippen MR) is 148 cm³/mol. The van der Waals surface area contributed by atoms with E-state index >= 15 is 0 Å². The van der Waals surface area contributed by atoms with Gasteiger partial charge in [-0.15, -0.1) is 0 Å². The third-order valence-corrected chi connectivity index (χ3v) is 7.86. The lowest BCUT2D eigenvalue weighted by molar-refractivity contribution is -0.348. The van der Waals surface area contributed by atoms with Crippen molar-refractivity contribution in [3.8, 4) is 0 Å². The summed E-state index contributed by atoms with van der Waals surface area (Å²) in [7, 11) is -10.8. The van der Waals surface area contributed by atoms with E-state index in [9.17, 15) is 76.6 Å². The zero-order chi connectivity index (χ0) is 37.6. The zero-order valence-corrected chi connectivity index (χ0v) is 26.9. The highest BCUT2D eigenvalue weighted by atomic mass is 32.3. The van der Waals surface area contributed by atoms with Gasteiger partial charge in [-0.2, -0.15) is 16.8 Å². The van der Waals surface area contributed by atoms with Crippen molar-refractivity contribution in [1.82, 2.24) is 10.6 Å². The van der Waals surface area contributed by atoms with E-state index in [0.29, 0.717) is 0 Å². The summed E-state index contributed by atoms with van der Waals surface area (Å²) in [5.41, 5.74) is 0. The highest BCUT2D eigenvalue weighted by Gasteiger charge is 2.55. The van der Waals surface area contributed by atoms with Crippen LogP contribution in [0.5, 0.6) is 0 Å². The van der Waals surface area contributed by atoms with E-state index in [1.807, 2.05) is 0 Å². The quantitative estimate of drug-likeness (QED) is 0.0612. The minimum Gasteiger partial charge on any atom is -0.479 e. The Hall–Kier alpha value is -2.29. The Morgan fingerprint density at radius 1 is 0.816 bits per heavy atom. The maximum Gasteiger partial charge on any atom is 0.397 e. The minimum absolute atomic E-state index is 0.910. The van der Waals surface area contributed by atoms with E-state index < -0.39 is 144 Å². The number of carbonyl (C=O) groups is 3. The molecule has 0 bridgehead atoms. The fourth-order valence-corrected chi connectivity index (χ4v) is 5.95. The Balaban J connectivity index is 2.51.